The van der Waals surface area contributed by atoms with Crippen LogP contribution in [0.1, 0.15) is 34.1 Å². The van der Waals surface area contributed by atoms with Gasteiger partial charge in [-0.2, -0.15) is 0 Å². The normalized spacial score (nSPS) is 27.8. The fourth-order valence-electron chi connectivity index (χ4n) is 1.45. The average molecular weight is 168 g/mol. The molecule has 0 heterocycles. The van der Waals surface area contributed by atoms with Gasteiger partial charge >= 0.3 is 0 Å². The molecular formula is C10H16O2. The lowest BCUT2D eigenvalue weighted by molar-refractivity contribution is -0.132. The maximum absolute atomic E-state index is 11.5. The summed E-state index contributed by atoms with van der Waals surface area (Å²) in [5.74, 6) is -0.136. The maximum Gasteiger partial charge on any atom is 0.146 e. The highest BCUT2D eigenvalue weighted by atomic mass is 16.2. The van der Waals surface area contributed by atoms with Crippen LogP contribution in [0.2, 0.25) is 0 Å². The molecule has 2 nitrogen and oxygen atoms in total. The summed E-state index contributed by atoms with van der Waals surface area (Å²) in [6, 6.07) is 0. The molecule has 0 aromatic rings. The van der Waals surface area contributed by atoms with Gasteiger partial charge in [0.2, 0.25) is 0 Å². The Balaban J connectivity index is 2.56. The average Bonchev–Trinajstić information content (AvgIpc) is 2.56. The zero-order chi connectivity index (χ0) is 9.52. The van der Waals surface area contributed by atoms with Gasteiger partial charge in [0, 0.05) is 5.92 Å². The Hall–Kier alpha value is -0.660. The van der Waals surface area contributed by atoms with Crippen LogP contribution in [-0.2, 0) is 9.59 Å². The molecule has 2 atom stereocenters. The lowest BCUT2D eigenvalue weighted by Crippen LogP contribution is -2.21. The Kier molecular flexibility index (Phi) is 2.11. The summed E-state index contributed by atoms with van der Waals surface area (Å²) < 4.78 is 0. The summed E-state index contributed by atoms with van der Waals surface area (Å²) in [5.41, 5.74) is 0.154. The van der Waals surface area contributed by atoms with Gasteiger partial charge in [0.25, 0.3) is 0 Å². The van der Waals surface area contributed by atoms with E-state index >= 15 is 0 Å². The quantitative estimate of drug-likeness (QED) is 0.602. The smallest absolute Gasteiger partial charge is 0.146 e. The lowest BCUT2D eigenvalue weighted by atomic mass is 9.95. The monoisotopic (exact) mass is 168 g/mol. The molecule has 1 saturated carbocycles. The summed E-state index contributed by atoms with van der Waals surface area (Å²) in [4.78, 5) is 22.4. The molecule has 0 spiro atoms. The van der Waals surface area contributed by atoms with Crippen LogP contribution in [0.15, 0.2) is 0 Å². The van der Waals surface area contributed by atoms with Crippen LogP contribution in [0, 0.1) is 17.3 Å². The third kappa shape index (κ3) is 1.57. The van der Waals surface area contributed by atoms with Gasteiger partial charge < -0.3 is 0 Å². The Morgan fingerprint density at radius 1 is 1.42 bits per heavy atom. The lowest BCUT2D eigenvalue weighted by Gasteiger charge is -2.07. The van der Waals surface area contributed by atoms with E-state index in [-0.39, 0.29) is 22.9 Å². The van der Waals surface area contributed by atoms with Gasteiger partial charge in [0.1, 0.15) is 11.6 Å². The van der Waals surface area contributed by atoms with E-state index in [9.17, 15) is 9.59 Å². The molecule has 0 radical (unpaired) electrons. The van der Waals surface area contributed by atoms with Gasteiger partial charge in [0.15, 0.2) is 0 Å². The van der Waals surface area contributed by atoms with Crippen molar-refractivity contribution in [3.8, 4) is 0 Å². The van der Waals surface area contributed by atoms with E-state index in [0.29, 0.717) is 0 Å². The van der Waals surface area contributed by atoms with Crippen LogP contribution in [0.5, 0.6) is 0 Å². The number of hydrogen-bond acceptors (Lipinski definition) is 2. The molecule has 0 N–H and O–H groups in total. The van der Waals surface area contributed by atoms with Gasteiger partial charge in [-0.05, 0) is 25.7 Å². The Bertz CT molecular complexity index is 228. The van der Waals surface area contributed by atoms with Gasteiger partial charge in [-0.25, -0.2) is 0 Å². The standard InChI is InChI=1S/C10H16O2/c1-6(7(2)11)9(12)8-5-10(8,3)4/h6,8H,5H2,1-4H3. The fourth-order valence-corrected chi connectivity index (χ4v) is 1.45. The number of ketones is 2. The number of Topliss-reactive ketones (excluding diaryl/α,β-unsaturated/α-hetero) is 2. The molecule has 0 saturated heterocycles. The van der Waals surface area contributed by atoms with Gasteiger partial charge in [0.05, 0.1) is 5.92 Å². The first-order valence-electron chi connectivity index (χ1n) is 4.40. The number of carbonyl (C=O) groups excluding carboxylic acids is 2. The van der Waals surface area contributed by atoms with Crippen LogP contribution < -0.4 is 0 Å². The molecule has 12 heavy (non-hydrogen) atoms. The van der Waals surface area contributed by atoms with Crippen molar-refractivity contribution in [3.05, 3.63) is 0 Å². The first-order valence-corrected chi connectivity index (χ1v) is 4.40. The van der Waals surface area contributed by atoms with E-state index in [1.165, 1.54) is 6.92 Å². The van der Waals surface area contributed by atoms with Crippen molar-refractivity contribution >= 4 is 11.6 Å². The topological polar surface area (TPSA) is 34.1 Å². The van der Waals surface area contributed by atoms with E-state index in [2.05, 4.69) is 13.8 Å². The Morgan fingerprint density at radius 3 is 2.08 bits per heavy atom. The molecule has 0 aromatic heterocycles. The van der Waals surface area contributed by atoms with Crippen molar-refractivity contribution in [2.75, 3.05) is 0 Å². The molecule has 1 fully saturated rings. The first-order chi connectivity index (χ1) is 5.36. The van der Waals surface area contributed by atoms with Gasteiger partial charge in [-0.1, -0.05) is 13.8 Å². The zero-order valence-corrected chi connectivity index (χ0v) is 8.18. The van der Waals surface area contributed by atoms with Crippen molar-refractivity contribution in [3.63, 3.8) is 0 Å². The molecule has 0 aliphatic heterocycles. The summed E-state index contributed by atoms with van der Waals surface area (Å²) in [5, 5.41) is 0. The SMILES string of the molecule is CC(=O)C(C)C(=O)C1CC1(C)C. The van der Waals surface area contributed by atoms with Crippen molar-refractivity contribution in [2.24, 2.45) is 17.3 Å². The van der Waals surface area contributed by atoms with E-state index in [4.69, 9.17) is 0 Å². The molecule has 1 rings (SSSR count). The number of rotatable bonds is 3. The summed E-state index contributed by atoms with van der Waals surface area (Å²) in [6.07, 6.45) is 0.948. The van der Waals surface area contributed by atoms with E-state index in [0.717, 1.165) is 6.42 Å². The summed E-state index contributed by atoms with van der Waals surface area (Å²) in [7, 11) is 0. The van der Waals surface area contributed by atoms with Crippen molar-refractivity contribution in [1.82, 2.24) is 0 Å². The second kappa shape index (κ2) is 2.68. The van der Waals surface area contributed by atoms with Crippen molar-refractivity contribution in [2.45, 2.75) is 34.1 Å². The summed E-state index contributed by atoms with van der Waals surface area (Å²) in [6.45, 7) is 7.34. The molecule has 0 aromatic carbocycles. The highest BCUT2D eigenvalue weighted by Gasteiger charge is 2.51. The van der Waals surface area contributed by atoms with Crippen LogP contribution in [0.25, 0.3) is 0 Å². The maximum atomic E-state index is 11.5. The predicted molar refractivity (Wildman–Crippen MR) is 46.7 cm³/mol. The number of hydrogen-bond donors (Lipinski definition) is 0. The molecule has 1 aliphatic rings. The van der Waals surface area contributed by atoms with E-state index in [1.807, 2.05) is 0 Å². The van der Waals surface area contributed by atoms with Crippen LogP contribution in [0.4, 0.5) is 0 Å². The van der Waals surface area contributed by atoms with Gasteiger partial charge in [-0.3, -0.25) is 9.59 Å². The fraction of sp³-hybridized carbons (Fsp3) is 0.800. The third-order valence-electron chi connectivity index (χ3n) is 2.89. The highest BCUT2D eigenvalue weighted by molar-refractivity contribution is 6.03. The second-order valence-electron chi connectivity index (χ2n) is 4.48. The molecule has 0 bridgehead atoms. The Morgan fingerprint density at radius 2 is 1.83 bits per heavy atom. The second-order valence-corrected chi connectivity index (χ2v) is 4.48. The minimum Gasteiger partial charge on any atom is -0.299 e. The molecule has 1 aliphatic carbocycles. The zero-order valence-electron chi connectivity index (χ0n) is 8.18. The Labute approximate surface area is 73.3 Å². The minimum absolute atomic E-state index is 0.0114. The van der Waals surface area contributed by atoms with E-state index < -0.39 is 5.92 Å². The molecule has 68 valence electrons. The summed E-state index contributed by atoms with van der Waals surface area (Å²) >= 11 is 0. The largest absolute Gasteiger partial charge is 0.299 e. The number of carbonyl (C=O) groups is 2. The molecular weight excluding hydrogens is 152 g/mol. The van der Waals surface area contributed by atoms with E-state index in [1.54, 1.807) is 6.92 Å². The minimum atomic E-state index is -0.392. The van der Waals surface area contributed by atoms with Crippen molar-refractivity contribution < 1.29 is 9.59 Å². The molecule has 2 unspecified atom stereocenters. The predicted octanol–water partition coefficient (Wildman–Crippen LogP) is 1.83. The van der Waals surface area contributed by atoms with Crippen LogP contribution >= 0.6 is 0 Å². The molecule has 0 amide bonds. The van der Waals surface area contributed by atoms with Crippen LogP contribution in [0.3, 0.4) is 0 Å². The first kappa shape index (κ1) is 9.43. The highest BCUT2D eigenvalue weighted by Crippen LogP contribution is 2.53. The van der Waals surface area contributed by atoms with Crippen molar-refractivity contribution in [1.29, 1.82) is 0 Å². The van der Waals surface area contributed by atoms with Crippen LogP contribution in [-0.4, -0.2) is 11.6 Å². The van der Waals surface area contributed by atoms with Gasteiger partial charge in [-0.15, -0.1) is 0 Å². The molecule has 2 heteroatoms. The third-order valence-corrected chi connectivity index (χ3v) is 2.89.